The molecule has 2 nitrogen and oxygen atoms in total. The van der Waals surface area contributed by atoms with Crippen LogP contribution in [0.2, 0.25) is 0 Å². The van der Waals surface area contributed by atoms with E-state index in [1.54, 1.807) is 0 Å². The maximum Gasteiger partial charge on any atom is 0.140 e. The first kappa shape index (κ1) is 8.71. The van der Waals surface area contributed by atoms with Gasteiger partial charge >= 0.3 is 0 Å². The normalized spacial score (nSPS) is 28.1. The third-order valence-electron chi connectivity index (χ3n) is 2.86. The van der Waals surface area contributed by atoms with Crippen molar-refractivity contribution in [1.29, 1.82) is 0 Å². The number of fused-ring (bicyclic) bond motifs is 3. The van der Waals surface area contributed by atoms with E-state index in [9.17, 15) is 0 Å². The first-order valence-corrected chi connectivity index (χ1v) is 5.88. The molecule has 0 aromatic heterocycles. The number of hydrogen-bond acceptors (Lipinski definition) is 2. The lowest BCUT2D eigenvalue weighted by Gasteiger charge is -2.17. The van der Waals surface area contributed by atoms with Gasteiger partial charge in [0.15, 0.2) is 0 Å². The molecule has 0 fully saturated rings. The van der Waals surface area contributed by atoms with Gasteiger partial charge in [0.05, 0.1) is 0 Å². The van der Waals surface area contributed by atoms with E-state index in [2.05, 4.69) is 45.8 Å². The van der Waals surface area contributed by atoms with Crippen molar-refractivity contribution in [2.75, 3.05) is 6.54 Å². The molecule has 0 bridgehead atoms. The molecule has 3 rings (SSSR count). The van der Waals surface area contributed by atoms with Crippen LogP contribution >= 0.6 is 22.6 Å². The Bertz CT molecular complexity index is 402. The molecular weight excluding hydrogens is 289 g/mol. The number of halogens is 1. The summed E-state index contributed by atoms with van der Waals surface area (Å²) in [5.41, 5.74) is 1.36. The fourth-order valence-corrected chi connectivity index (χ4v) is 2.63. The van der Waals surface area contributed by atoms with Crippen LogP contribution in [0.1, 0.15) is 17.9 Å². The number of ether oxygens (including phenoxy) is 1. The predicted molar refractivity (Wildman–Crippen MR) is 64.3 cm³/mol. The molecule has 0 saturated heterocycles. The average Bonchev–Trinajstić information content (AvgIpc) is 2.54. The average molecular weight is 299 g/mol. The van der Waals surface area contributed by atoms with Gasteiger partial charge in [-0.05, 0) is 41.1 Å². The van der Waals surface area contributed by atoms with Gasteiger partial charge in [-0.25, -0.2) is 0 Å². The van der Waals surface area contributed by atoms with Crippen molar-refractivity contribution in [2.24, 2.45) is 4.99 Å². The van der Waals surface area contributed by atoms with Crippen molar-refractivity contribution in [3.8, 4) is 5.75 Å². The van der Waals surface area contributed by atoms with Gasteiger partial charge in [0, 0.05) is 27.8 Å². The Morgan fingerprint density at radius 1 is 1.43 bits per heavy atom. The molecule has 2 unspecified atom stereocenters. The highest BCUT2D eigenvalue weighted by atomic mass is 127. The van der Waals surface area contributed by atoms with Gasteiger partial charge in [-0.2, -0.15) is 0 Å². The molecule has 0 saturated carbocycles. The molecule has 1 aromatic carbocycles. The van der Waals surface area contributed by atoms with Crippen LogP contribution in [-0.4, -0.2) is 18.9 Å². The summed E-state index contributed by atoms with van der Waals surface area (Å²) in [6.45, 7) is 0.940. The minimum Gasteiger partial charge on any atom is -0.484 e. The van der Waals surface area contributed by atoms with Gasteiger partial charge in [0.2, 0.25) is 0 Å². The van der Waals surface area contributed by atoms with Crippen LogP contribution in [-0.2, 0) is 0 Å². The Kier molecular flexibility index (Phi) is 2.00. The molecule has 14 heavy (non-hydrogen) atoms. The second-order valence-electron chi connectivity index (χ2n) is 3.72. The zero-order valence-corrected chi connectivity index (χ0v) is 9.77. The third-order valence-corrected chi connectivity index (χ3v) is 3.53. The molecule has 2 heterocycles. The maximum absolute atomic E-state index is 5.84. The van der Waals surface area contributed by atoms with Crippen LogP contribution in [0.4, 0.5) is 0 Å². The largest absolute Gasteiger partial charge is 0.484 e. The SMILES string of the molecule is Ic1ccc2c(c1)OC1C=NCCC21. The lowest BCUT2D eigenvalue weighted by molar-refractivity contribution is 0.268. The summed E-state index contributed by atoms with van der Waals surface area (Å²) >= 11 is 2.31. The topological polar surface area (TPSA) is 21.6 Å². The standard InChI is InChI=1S/C11H10INO/c12-7-1-2-8-9-3-4-13-6-11(9)14-10(8)5-7/h1-2,5-6,9,11H,3-4H2. The van der Waals surface area contributed by atoms with Crippen LogP contribution in [0.15, 0.2) is 23.2 Å². The fraction of sp³-hybridized carbons (Fsp3) is 0.364. The number of nitrogens with zero attached hydrogens (tertiary/aromatic N) is 1. The van der Waals surface area contributed by atoms with Gasteiger partial charge in [-0.15, -0.1) is 0 Å². The minimum atomic E-state index is 0.192. The quantitative estimate of drug-likeness (QED) is 0.675. The second-order valence-corrected chi connectivity index (χ2v) is 4.96. The van der Waals surface area contributed by atoms with Gasteiger partial charge < -0.3 is 4.74 Å². The number of hydrogen-bond donors (Lipinski definition) is 0. The highest BCUT2D eigenvalue weighted by Gasteiger charge is 2.34. The first-order valence-electron chi connectivity index (χ1n) is 4.80. The summed E-state index contributed by atoms with van der Waals surface area (Å²) < 4.78 is 7.07. The van der Waals surface area contributed by atoms with E-state index < -0.39 is 0 Å². The molecule has 0 N–H and O–H groups in total. The predicted octanol–water partition coefficient (Wildman–Crippen LogP) is 2.61. The van der Waals surface area contributed by atoms with Crippen molar-refractivity contribution in [1.82, 2.24) is 0 Å². The van der Waals surface area contributed by atoms with E-state index in [4.69, 9.17) is 4.74 Å². The molecule has 0 aliphatic carbocycles. The van der Waals surface area contributed by atoms with Crippen molar-refractivity contribution in [3.05, 3.63) is 27.3 Å². The third kappa shape index (κ3) is 1.26. The van der Waals surface area contributed by atoms with Crippen molar-refractivity contribution < 1.29 is 4.74 Å². The lowest BCUT2D eigenvalue weighted by atomic mass is 9.91. The van der Waals surface area contributed by atoms with E-state index >= 15 is 0 Å². The second kappa shape index (κ2) is 3.22. The number of rotatable bonds is 0. The van der Waals surface area contributed by atoms with E-state index in [1.165, 1.54) is 9.13 Å². The molecule has 72 valence electrons. The zero-order valence-electron chi connectivity index (χ0n) is 7.61. The molecule has 3 heteroatoms. The minimum absolute atomic E-state index is 0.192. The number of aliphatic imine (C=N–C) groups is 1. The molecule has 2 aliphatic heterocycles. The van der Waals surface area contributed by atoms with E-state index in [-0.39, 0.29) is 6.10 Å². The molecule has 0 radical (unpaired) electrons. The van der Waals surface area contributed by atoms with Crippen LogP contribution in [0, 0.1) is 3.57 Å². The van der Waals surface area contributed by atoms with Crippen molar-refractivity contribution >= 4 is 28.8 Å². The summed E-state index contributed by atoms with van der Waals surface area (Å²) in [6, 6.07) is 6.46. The van der Waals surface area contributed by atoms with Gasteiger partial charge in [0.25, 0.3) is 0 Å². The maximum atomic E-state index is 5.84. The van der Waals surface area contributed by atoms with E-state index in [1.807, 2.05) is 6.21 Å². The fourth-order valence-electron chi connectivity index (χ4n) is 2.17. The highest BCUT2D eigenvalue weighted by Crippen LogP contribution is 2.41. The summed E-state index contributed by atoms with van der Waals surface area (Å²) in [4.78, 5) is 4.27. The van der Waals surface area contributed by atoms with E-state index in [0.29, 0.717) is 5.92 Å². The van der Waals surface area contributed by atoms with Crippen LogP contribution in [0.3, 0.4) is 0 Å². The lowest BCUT2D eigenvalue weighted by Crippen LogP contribution is -2.24. The zero-order chi connectivity index (χ0) is 9.54. The summed E-state index contributed by atoms with van der Waals surface area (Å²) in [6.07, 6.45) is 3.27. The Balaban J connectivity index is 2.06. The molecule has 1 aromatic rings. The van der Waals surface area contributed by atoms with Crippen LogP contribution in [0.25, 0.3) is 0 Å². The van der Waals surface area contributed by atoms with Crippen LogP contribution in [0.5, 0.6) is 5.75 Å². The van der Waals surface area contributed by atoms with Crippen molar-refractivity contribution in [3.63, 3.8) is 0 Å². The summed E-state index contributed by atoms with van der Waals surface area (Å²) in [7, 11) is 0. The van der Waals surface area contributed by atoms with Crippen LogP contribution < -0.4 is 4.74 Å². The first-order chi connectivity index (χ1) is 6.84. The monoisotopic (exact) mass is 299 g/mol. The van der Waals surface area contributed by atoms with Gasteiger partial charge in [-0.3, -0.25) is 4.99 Å². The summed E-state index contributed by atoms with van der Waals surface area (Å²) in [5, 5.41) is 0. The van der Waals surface area contributed by atoms with Gasteiger partial charge in [0.1, 0.15) is 11.9 Å². The van der Waals surface area contributed by atoms with E-state index in [0.717, 1.165) is 18.7 Å². The Labute approximate surface area is 96.5 Å². The van der Waals surface area contributed by atoms with Gasteiger partial charge in [-0.1, -0.05) is 6.07 Å². The smallest absolute Gasteiger partial charge is 0.140 e. The Hall–Kier alpha value is -0.580. The molecule has 2 atom stereocenters. The Morgan fingerprint density at radius 2 is 2.36 bits per heavy atom. The number of benzene rings is 1. The summed E-state index contributed by atoms with van der Waals surface area (Å²) in [5.74, 6) is 1.60. The molecular formula is C11H10INO. The molecule has 0 amide bonds. The molecule has 2 aliphatic rings. The molecule has 0 spiro atoms. The van der Waals surface area contributed by atoms with Crippen molar-refractivity contribution in [2.45, 2.75) is 18.4 Å². The highest BCUT2D eigenvalue weighted by molar-refractivity contribution is 14.1. The Morgan fingerprint density at radius 3 is 3.29 bits per heavy atom.